The van der Waals surface area contributed by atoms with Crippen molar-refractivity contribution in [3.63, 3.8) is 0 Å². The predicted octanol–water partition coefficient (Wildman–Crippen LogP) is 3.96. The highest BCUT2D eigenvalue weighted by Gasteiger charge is 2.11. The van der Waals surface area contributed by atoms with Crippen LogP contribution in [0.4, 0.5) is 15.9 Å². The van der Waals surface area contributed by atoms with Gasteiger partial charge < -0.3 is 5.32 Å². The van der Waals surface area contributed by atoms with Crippen molar-refractivity contribution in [1.29, 1.82) is 0 Å². The Morgan fingerprint density at radius 1 is 1.35 bits per heavy atom. The lowest BCUT2D eigenvalue weighted by Gasteiger charge is -2.10. The van der Waals surface area contributed by atoms with Gasteiger partial charge >= 0.3 is 0 Å². The van der Waals surface area contributed by atoms with E-state index in [1.807, 2.05) is 6.92 Å². The SMILES string of the molecule is Cc1cc(Br)c(F)cc1Nc1nc(Cl)nc2[nH]ncc12. The van der Waals surface area contributed by atoms with Gasteiger partial charge in [0, 0.05) is 5.69 Å². The van der Waals surface area contributed by atoms with Crippen molar-refractivity contribution >= 4 is 50.1 Å². The molecule has 0 bridgehead atoms. The number of fused-ring (bicyclic) bond motifs is 1. The molecular weight excluding hydrogens is 349 g/mol. The van der Waals surface area contributed by atoms with E-state index in [1.54, 1.807) is 12.3 Å². The Morgan fingerprint density at radius 3 is 2.95 bits per heavy atom. The molecule has 2 heterocycles. The van der Waals surface area contributed by atoms with Crippen LogP contribution in [0.1, 0.15) is 5.56 Å². The number of hydrogen-bond acceptors (Lipinski definition) is 4. The van der Waals surface area contributed by atoms with Crippen LogP contribution in [0.3, 0.4) is 0 Å². The van der Waals surface area contributed by atoms with Gasteiger partial charge in [-0.05, 0) is 52.2 Å². The summed E-state index contributed by atoms with van der Waals surface area (Å²) in [5.74, 6) is 0.111. The minimum atomic E-state index is -0.360. The van der Waals surface area contributed by atoms with E-state index in [1.165, 1.54) is 6.07 Å². The van der Waals surface area contributed by atoms with Crippen molar-refractivity contribution < 1.29 is 4.39 Å². The average Bonchev–Trinajstić information content (AvgIpc) is 2.84. The predicted molar refractivity (Wildman–Crippen MR) is 78.8 cm³/mol. The number of halogens is 3. The molecule has 5 nitrogen and oxygen atoms in total. The van der Waals surface area contributed by atoms with Crippen molar-refractivity contribution in [2.24, 2.45) is 0 Å². The second-order valence-electron chi connectivity index (χ2n) is 4.18. The molecule has 0 radical (unpaired) electrons. The maximum absolute atomic E-state index is 13.6. The lowest BCUT2D eigenvalue weighted by atomic mass is 10.2. The zero-order chi connectivity index (χ0) is 14.3. The summed E-state index contributed by atoms with van der Waals surface area (Å²) in [5, 5.41) is 10.4. The fourth-order valence-electron chi connectivity index (χ4n) is 1.81. The summed E-state index contributed by atoms with van der Waals surface area (Å²) in [4.78, 5) is 8.12. The number of nitrogens with zero attached hydrogens (tertiary/aromatic N) is 3. The number of anilines is 2. The summed E-state index contributed by atoms with van der Waals surface area (Å²) in [6.45, 7) is 1.86. The number of nitrogens with one attached hydrogen (secondary N) is 2. The van der Waals surface area contributed by atoms with E-state index in [0.29, 0.717) is 27.0 Å². The Bertz CT molecular complexity index is 804. The van der Waals surface area contributed by atoms with Crippen LogP contribution in [0.25, 0.3) is 11.0 Å². The molecule has 1 aromatic carbocycles. The van der Waals surface area contributed by atoms with E-state index >= 15 is 0 Å². The second-order valence-corrected chi connectivity index (χ2v) is 5.37. The summed E-state index contributed by atoms with van der Waals surface area (Å²) >= 11 is 9.00. The van der Waals surface area contributed by atoms with Crippen molar-refractivity contribution in [3.05, 3.63) is 39.5 Å². The van der Waals surface area contributed by atoms with Crippen LogP contribution in [0, 0.1) is 12.7 Å². The summed E-state index contributed by atoms with van der Waals surface area (Å²) < 4.78 is 14.0. The Labute approximate surface area is 126 Å². The van der Waals surface area contributed by atoms with Crippen molar-refractivity contribution in [3.8, 4) is 0 Å². The third-order valence-electron chi connectivity index (χ3n) is 2.80. The van der Waals surface area contributed by atoms with Gasteiger partial charge in [0.2, 0.25) is 5.28 Å². The molecule has 0 fully saturated rings. The van der Waals surface area contributed by atoms with Crippen LogP contribution >= 0.6 is 27.5 Å². The van der Waals surface area contributed by atoms with Gasteiger partial charge in [-0.1, -0.05) is 0 Å². The topological polar surface area (TPSA) is 66.5 Å². The molecule has 0 amide bonds. The molecule has 3 aromatic rings. The molecule has 102 valence electrons. The van der Waals surface area contributed by atoms with Crippen molar-refractivity contribution in [2.75, 3.05) is 5.32 Å². The molecule has 0 aliphatic rings. The van der Waals surface area contributed by atoms with Gasteiger partial charge in [0.05, 0.1) is 16.1 Å². The van der Waals surface area contributed by atoms with Crippen molar-refractivity contribution in [1.82, 2.24) is 20.2 Å². The number of benzene rings is 1. The monoisotopic (exact) mass is 355 g/mol. The van der Waals surface area contributed by atoms with Gasteiger partial charge in [-0.3, -0.25) is 5.10 Å². The Hall–Kier alpha value is -1.73. The first-order valence-electron chi connectivity index (χ1n) is 5.64. The van der Waals surface area contributed by atoms with E-state index in [-0.39, 0.29) is 11.1 Å². The number of rotatable bonds is 2. The lowest BCUT2D eigenvalue weighted by molar-refractivity contribution is 0.621. The first-order valence-corrected chi connectivity index (χ1v) is 6.81. The van der Waals surface area contributed by atoms with E-state index in [2.05, 4.69) is 41.4 Å². The first kappa shape index (κ1) is 13.3. The molecule has 8 heteroatoms. The molecule has 2 N–H and O–H groups in total. The quantitative estimate of drug-likeness (QED) is 0.682. The van der Waals surface area contributed by atoms with Crippen LogP contribution in [0.15, 0.2) is 22.8 Å². The maximum atomic E-state index is 13.6. The molecule has 0 aliphatic heterocycles. The lowest BCUT2D eigenvalue weighted by Crippen LogP contribution is -1.99. The van der Waals surface area contributed by atoms with Crippen LogP contribution in [-0.2, 0) is 0 Å². The van der Waals surface area contributed by atoms with Crippen LogP contribution in [0.2, 0.25) is 5.28 Å². The van der Waals surface area contributed by atoms with Gasteiger partial charge in [-0.15, -0.1) is 0 Å². The zero-order valence-electron chi connectivity index (χ0n) is 10.2. The second kappa shape index (κ2) is 4.99. The smallest absolute Gasteiger partial charge is 0.226 e. The Kier molecular flexibility index (Phi) is 3.31. The highest BCUT2D eigenvalue weighted by atomic mass is 79.9. The van der Waals surface area contributed by atoms with Gasteiger partial charge in [0.1, 0.15) is 11.6 Å². The largest absolute Gasteiger partial charge is 0.339 e. The van der Waals surface area contributed by atoms with Gasteiger partial charge in [-0.25, -0.2) is 4.39 Å². The van der Waals surface area contributed by atoms with Gasteiger partial charge in [0.25, 0.3) is 0 Å². The molecule has 3 rings (SSSR count). The summed E-state index contributed by atoms with van der Waals surface area (Å²) in [6.07, 6.45) is 1.58. The Balaban J connectivity index is 2.09. The molecule has 0 aliphatic carbocycles. The number of aromatic nitrogens is 4. The average molecular weight is 357 g/mol. The van der Waals surface area contributed by atoms with E-state index in [9.17, 15) is 4.39 Å². The molecule has 0 saturated carbocycles. The fourth-order valence-corrected chi connectivity index (χ4v) is 2.44. The molecule has 0 saturated heterocycles. The number of aromatic amines is 1. The van der Waals surface area contributed by atoms with Crippen LogP contribution in [0.5, 0.6) is 0 Å². The standard InChI is InChI=1S/C12H8BrClFN5/c1-5-2-7(13)8(15)3-9(5)17-10-6-4-16-20-11(6)19-12(14)18-10/h2-4H,1H3,(H2,16,17,18,19,20). The molecule has 20 heavy (non-hydrogen) atoms. The van der Waals surface area contributed by atoms with Gasteiger partial charge in [0.15, 0.2) is 5.65 Å². The molecule has 0 spiro atoms. The van der Waals surface area contributed by atoms with Crippen LogP contribution < -0.4 is 5.32 Å². The number of aryl methyl sites for hydroxylation is 1. The highest BCUT2D eigenvalue weighted by molar-refractivity contribution is 9.10. The molecule has 0 atom stereocenters. The molecule has 0 unspecified atom stereocenters. The third-order valence-corrected chi connectivity index (χ3v) is 3.58. The zero-order valence-corrected chi connectivity index (χ0v) is 12.5. The Morgan fingerprint density at radius 2 is 2.15 bits per heavy atom. The first-order chi connectivity index (χ1) is 9.54. The normalized spacial score (nSPS) is 11.0. The summed E-state index contributed by atoms with van der Waals surface area (Å²) in [6, 6.07) is 3.08. The minimum Gasteiger partial charge on any atom is -0.339 e. The highest BCUT2D eigenvalue weighted by Crippen LogP contribution is 2.28. The number of H-pyrrole nitrogens is 1. The van der Waals surface area contributed by atoms with Crippen molar-refractivity contribution in [2.45, 2.75) is 6.92 Å². The third kappa shape index (κ3) is 2.34. The molecular formula is C12H8BrClFN5. The molecule has 2 aromatic heterocycles. The minimum absolute atomic E-state index is 0.0829. The summed E-state index contributed by atoms with van der Waals surface area (Å²) in [7, 11) is 0. The number of hydrogen-bond donors (Lipinski definition) is 2. The van der Waals surface area contributed by atoms with E-state index in [4.69, 9.17) is 11.6 Å². The fraction of sp³-hybridized carbons (Fsp3) is 0.0833. The van der Waals surface area contributed by atoms with Gasteiger partial charge in [-0.2, -0.15) is 15.1 Å². The van der Waals surface area contributed by atoms with Crippen LogP contribution in [-0.4, -0.2) is 20.2 Å². The van der Waals surface area contributed by atoms with E-state index in [0.717, 1.165) is 5.56 Å². The summed E-state index contributed by atoms with van der Waals surface area (Å²) in [5.41, 5.74) is 1.98. The maximum Gasteiger partial charge on any atom is 0.226 e. The van der Waals surface area contributed by atoms with E-state index < -0.39 is 0 Å².